The van der Waals surface area contributed by atoms with Crippen molar-refractivity contribution in [3.05, 3.63) is 36.4 Å². The summed E-state index contributed by atoms with van der Waals surface area (Å²) < 4.78 is 0. The molecule has 0 atom stereocenters. The number of H-pyrrole nitrogens is 2. The van der Waals surface area contributed by atoms with E-state index in [1.54, 1.807) is 0 Å². The average molecular weight is 319 g/mol. The molecule has 8 N–H and O–H groups in total. The SMILES string of the molecule is O=C([O-])c1c[nH]cn1.O=C([O-])c1c[nH]cn1.[Co+2].[OH3+].[OH3+]. The van der Waals surface area contributed by atoms with Crippen molar-refractivity contribution in [2.24, 2.45) is 0 Å². The summed E-state index contributed by atoms with van der Waals surface area (Å²) in [6.45, 7) is 0. The normalized spacial score (nSPS) is 7.58. The van der Waals surface area contributed by atoms with Gasteiger partial charge in [0, 0.05) is 12.4 Å². The molecule has 2 aromatic heterocycles. The topological polar surface area (TPSA) is 204 Å². The van der Waals surface area contributed by atoms with Crippen LogP contribution in [-0.2, 0) is 27.7 Å². The number of nitrogens with zero attached hydrogens (tertiary/aromatic N) is 2. The van der Waals surface area contributed by atoms with Crippen molar-refractivity contribution in [1.82, 2.24) is 19.9 Å². The van der Waals surface area contributed by atoms with Gasteiger partial charge in [-0.15, -0.1) is 0 Å². The van der Waals surface area contributed by atoms with Crippen molar-refractivity contribution < 1.29 is 47.5 Å². The fraction of sp³-hybridized carbons (Fsp3) is 0. The summed E-state index contributed by atoms with van der Waals surface area (Å²) in [5, 5.41) is 19.7. The first-order chi connectivity index (χ1) is 7.61. The third kappa shape index (κ3) is 7.66. The summed E-state index contributed by atoms with van der Waals surface area (Å²) >= 11 is 0. The number of aromatic amines is 2. The van der Waals surface area contributed by atoms with Crippen molar-refractivity contribution in [2.45, 2.75) is 0 Å². The van der Waals surface area contributed by atoms with Crippen LogP contribution in [0.3, 0.4) is 0 Å². The van der Waals surface area contributed by atoms with Gasteiger partial charge in [-0.1, -0.05) is 0 Å². The maximum atomic E-state index is 9.87. The fourth-order valence-corrected chi connectivity index (χ4v) is 0.744. The third-order valence-electron chi connectivity index (χ3n) is 1.41. The molecule has 19 heavy (non-hydrogen) atoms. The minimum absolute atomic E-state index is 0. The van der Waals surface area contributed by atoms with E-state index in [4.69, 9.17) is 0 Å². The Balaban J connectivity index is -0.000000233. The third-order valence-corrected chi connectivity index (χ3v) is 1.41. The van der Waals surface area contributed by atoms with Gasteiger partial charge in [-0.05, 0) is 0 Å². The molecule has 0 aliphatic rings. The smallest absolute Gasteiger partial charge is 0.543 e. The second kappa shape index (κ2) is 10.9. The first-order valence-electron chi connectivity index (χ1n) is 4.01. The average Bonchev–Trinajstić information content (AvgIpc) is 2.93. The zero-order valence-electron chi connectivity index (χ0n) is 9.32. The molecule has 0 fully saturated rings. The molecule has 0 unspecified atom stereocenters. The van der Waals surface area contributed by atoms with E-state index in [0.717, 1.165) is 0 Å². The van der Waals surface area contributed by atoms with Crippen LogP contribution in [0.25, 0.3) is 0 Å². The van der Waals surface area contributed by atoms with Crippen LogP contribution in [0.2, 0.25) is 0 Å². The summed E-state index contributed by atoms with van der Waals surface area (Å²) in [5.74, 6) is -2.52. The number of imidazole rings is 2. The first-order valence-corrected chi connectivity index (χ1v) is 4.01. The van der Waals surface area contributed by atoms with Crippen molar-refractivity contribution in [2.75, 3.05) is 0 Å². The van der Waals surface area contributed by atoms with Gasteiger partial charge in [-0.25, -0.2) is 9.97 Å². The zero-order chi connectivity index (χ0) is 12.0. The first kappa shape index (κ1) is 22.0. The van der Waals surface area contributed by atoms with Crippen molar-refractivity contribution in [3.63, 3.8) is 0 Å². The van der Waals surface area contributed by atoms with E-state index < -0.39 is 11.9 Å². The molecule has 0 bridgehead atoms. The molecule has 0 aliphatic carbocycles. The van der Waals surface area contributed by atoms with Gasteiger partial charge >= 0.3 is 16.8 Å². The Morgan fingerprint density at radius 2 is 1.21 bits per heavy atom. The van der Waals surface area contributed by atoms with E-state index in [2.05, 4.69) is 19.9 Å². The number of carboxylic acids is 2. The molecule has 10 nitrogen and oxygen atoms in total. The molecular formula is C8H12CoN4O6+2. The van der Waals surface area contributed by atoms with Gasteiger partial charge in [0.1, 0.15) is 11.4 Å². The number of nitrogens with one attached hydrogen (secondary N) is 2. The van der Waals surface area contributed by atoms with Gasteiger partial charge in [-0.2, -0.15) is 0 Å². The Morgan fingerprint density at radius 3 is 1.32 bits per heavy atom. The van der Waals surface area contributed by atoms with Crippen molar-refractivity contribution in [3.8, 4) is 0 Å². The number of carbonyl (C=O) groups is 2. The summed E-state index contributed by atoms with van der Waals surface area (Å²) in [7, 11) is 0. The van der Waals surface area contributed by atoms with Gasteiger partial charge in [0.15, 0.2) is 0 Å². The van der Waals surface area contributed by atoms with Gasteiger partial charge in [0.2, 0.25) is 0 Å². The quantitative estimate of drug-likeness (QED) is 0.523. The Kier molecular flexibility index (Phi) is 12.6. The second-order valence-electron chi connectivity index (χ2n) is 2.48. The van der Waals surface area contributed by atoms with Crippen LogP contribution in [-0.4, -0.2) is 31.9 Å². The number of carboxylic acid groups (broad SMARTS) is 2. The van der Waals surface area contributed by atoms with Crippen molar-refractivity contribution >= 4 is 11.9 Å². The van der Waals surface area contributed by atoms with Gasteiger partial charge < -0.3 is 40.7 Å². The summed E-state index contributed by atoms with van der Waals surface area (Å²) in [6, 6.07) is 0. The predicted molar refractivity (Wildman–Crippen MR) is 55.6 cm³/mol. The number of rotatable bonds is 2. The molecule has 0 saturated carbocycles. The van der Waals surface area contributed by atoms with Gasteiger partial charge in [0.25, 0.3) is 0 Å². The maximum absolute atomic E-state index is 9.87. The van der Waals surface area contributed by atoms with E-state index in [1.807, 2.05) is 0 Å². The molecule has 0 spiro atoms. The van der Waals surface area contributed by atoms with Crippen LogP contribution in [0.1, 0.15) is 21.0 Å². The molecule has 2 heterocycles. The van der Waals surface area contributed by atoms with Crippen LogP contribution in [0, 0.1) is 0 Å². The van der Waals surface area contributed by atoms with E-state index in [1.165, 1.54) is 25.0 Å². The molecule has 2 rings (SSSR count). The molecular weight excluding hydrogens is 307 g/mol. The van der Waals surface area contributed by atoms with Crippen molar-refractivity contribution in [1.29, 1.82) is 0 Å². The summed E-state index contributed by atoms with van der Waals surface area (Å²) in [5.41, 5.74) is -0.130. The largest absolute Gasteiger partial charge is 2.00 e. The Bertz CT molecular complexity index is 413. The molecule has 0 saturated heterocycles. The maximum Gasteiger partial charge on any atom is 2.00 e. The van der Waals surface area contributed by atoms with E-state index >= 15 is 0 Å². The monoisotopic (exact) mass is 319 g/mol. The minimum atomic E-state index is -1.26. The Morgan fingerprint density at radius 1 is 0.895 bits per heavy atom. The number of aromatic nitrogens is 4. The van der Waals surface area contributed by atoms with Gasteiger partial charge in [0.05, 0.1) is 24.6 Å². The Labute approximate surface area is 116 Å². The van der Waals surface area contributed by atoms with E-state index in [-0.39, 0.29) is 39.1 Å². The van der Waals surface area contributed by atoms with E-state index in [0.29, 0.717) is 0 Å². The van der Waals surface area contributed by atoms with Crippen LogP contribution in [0.4, 0.5) is 0 Å². The molecule has 107 valence electrons. The van der Waals surface area contributed by atoms with E-state index in [9.17, 15) is 19.8 Å². The molecule has 0 amide bonds. The Hall–Kier alpha value is -2.21. The second-order valence-corrected chi connectivity index (χ2v) is 2.48. The summed E-state index contributed by atoms with van der Waals surface area (Å²) in [4.78, 5) is 31.5. The predicted octanol–water partition coefficient (Wildman–Crippen LogP) is -4.30. The molecule has 11 heteroatoms. The number of hydrogen-bond donors (Lipinski definition) is 2. The fourth-order valence-electron chi connectivity index (χ4n) is 0.744. The zero-order valence-corrected chi connectivity index (χ0v) is 10.4. The minimum Gasteiger partial charge on any atom is -0.543 e. The number of hydrogen-bond acceptors (Lipinski definition) is 6. The van der Waals surface area contributed by atoms with Gasteiger partial charge in [-0.3, -0.25) is 0 Å². The molecule has 2 aromatic rings. The number of aromatic carboxylic acids is 2. The standard InChI is InChI=1S/2C4H4N2O2.Co.2H2O/c2*7-4(8)3-1-5-2-6-3;;;/h2*1-2H,(H,5,6)(H,7,8);;2*1H2/q;;+2;;. The molecule has 1 radical (unpaired) electrons. The molecule has 0 aliphatic heterocycles. The van der Waals surface area contributed by atoms with Crippen LogP contribution >= 0.6 is 0 Å². The molecule has 0 aromatic carbocycles. The van der Waals surface area contributed by atoms with Crippen LogP contribution in [0.5, 0.6) is 0 Å². The van der Waals surface area contributed by atoms with Crippen LogP contribution in [0.15, 0.2) is 25.0 Å². The summed E-state index contributed by atoms with van der Waals surface area (Å²) in [6.07, 6.45) is 5.08. The number of carbonyl (C=O) groups excluding carboxylic acids is 2. The van der Waals surface area contributed by atoms with Crippen LogP contribution < -0.4 is 10.2 Å².